The van der Waals surface area contributed by atoms with Crippen LogP contribution in [0.2, 0.25) is 0 Å². The van der Waals surface area contributed by atoms with Gasteiger partial charge >= 0.3 is 0 Å². The van der Waals surface area contributed by atoms with Crippen LogP contribution < -0.4 is 5.73 Å². The molecule has 2 unspecified atom stereocenters. The summed E-state index contributed by atoms with van der Waals surface area (Å²) in [6.07, 6.45) is 10.5. The summed E-state index contributed by atoms with van der Waals surface area (Å²) in [5.41, 5.74) is 5.20. The number of aliphatic hydroxyl groups is 1. The van der Waals surface area contributed by atoms with Gasteiger partial charge in [0.15, 0.2) is 0 Å². The third kappa shape index (κ3) is 2.72. The van der Waals surface area contributed by atoms with E-state index in [1.165, 1.54) is 12.8 Å². The van der Waals surface area contributed by atoms with Crippen LogP contribution in [0, 0.1) is 11.3 Å². The van der Waals surface area contributed by atoms with Crippen LogP contribution in [0.25, 0.3) is 0 Å². The summed E-state index contributed by atoms with van der Waals surface area (Å²) in [6.45, 7) is 1.95. The van der Waals surface area contributed by atoms with Crippen molar-refractivity contribution < 1.29 is 9.90 Å². The van der Waals surface area contributed by atoms with Gasteiger partial charge in [0.1, 0.15) is 0 Å². The molecule has 2 atom stereocenters. The number of carbonyl (C=O) groups excluding carboxylic acids is 1. The Bertz CT molecular complexity index is 392. The summed E-state index contributed by atoms with van der Waals surface area (Å²) in [5, 5.41) is 10.8. The van der Waals surface area contributed by atoms with Crippen LogP contribution in [0.15, 0.2) is 0 Å². The zero-order chi connectivity index (χ0) is 14.9. The van der Waals surface area contributed by atoms with Gasteiger partial charge in [-0.2, -0.15) is 0 Å². The standard InChI is InChI=1S/C17H30N2O2/c18-13-16(7-3-1-4-8-16)15(20)19-11-10-17(21)9-5-2-6-14(17)12-19/h14,21H,1-13,18H2. The zero-order valence-electron chi connectivity index (χ0n) is 13.1. The first-order chi connectivity index (χ1) is 10.1. The molecule has 2 aliphatic carbocycles. The number of nitrogens with zero attached hydrogens (tertiary/aromatic N) is 1. The fourth-order valence-corrected chi connectivity index (χ4v) is 4.82. The molecule has 0 aromatic rings. The third-order valence-electron chi connectivity index (χ3n) is 6.37. The van der Waals surface area contributed by atoms with Crippen LogP contribution in [0.4, 0.5) is 0 Å². The number of likely N-dealkylation sites (tertiary alicyclic amines) is 1. The van der Waals surface area contributed by atoms with Crippen molar-refractivity contribution in [2.75, 3.05) is 19.6 Å². The van der Waals surface area contributed by atoms with Crippen molar-refractivity contribution >= 4 is 5.91 Å². The van der Waals surface area contributed by atoms with Crippen molar-refractivity contribution in [2.45, 2.75) is 69.8 Å². The molecule has 2 saturated carbocycles. The maximum Gasteiger partial charge on any atom is 0.230 e. The number of hydrogen-bond acceptors (Lipinski definition) is 3. The van der Waals surface area contributed by atoms with Gasteiger partial charge in [0.25, 0.3) is 0 Å². The highest BCUT2D eigenvalue weighted by atomic mass is 16.3. The third-order valence-corrected chi connectivity index (χ3v) is 6.37. The number of nitrogens with two attached hydrogens (primary N) is 1. The molecular weight excluding hydrogens is 264 g/mol. The summed E-state index contributed by atoms with van der Waals surface area (Å²) in [6, 6.07) is 0. The van der Waals surface area contributed by atoms with Crippen molar-refractivity contribution in [1.29, 1.82) is 0 Å². The SMILES string of the molecule is NCC1(C(=O)N2CCC3(O)CCCCC3C2)CCCCC1. The van der Waals surface area contributed by atoms with Crippen LogP contribution in [-0.4, -0.2) is 41.1 Å². The van der Waals surface area contributed by atoms with Crippen LogP contribution in [0.3, 0.4) is 0 Å². The molecule has 3 aliphatic rings. The van der Waals surface area contributed by atoms with E-state index in [0.717, 1.165) is 57.9 Å². The summed E-state index contributed by atoms with van der Waals surface area (Å²) in [5.74, 6) is 0.555. The number of carbonyl (C=O) groups is 1. The fourth-order valence-electron chi connectivity index (χ4n) is 4.82. The molecule has 0 aromatic carbocycles. The van der Waals surface area contributed by atoms with E-state index in [4.69, 9.17) is 5.73 Å². The van der Waals surface area contributed by atoms with Gasteiger partial charge in [-0.1, -0.05) is 32.1 Å². The quantitative estimate of drug-likeness (QED) is 0.819. The lowest BCUT2D eigenvalue weighted by atomic mass is 9.69. The minimum Gasteiger partial charge on any atom is -0.389 e. The molecular formula is C17H30N2O2. The number of fused-ring (bicyclic) bond motifs is 1. The molecule has 4 heteroatoms. The van der Waals surface area contributed by atoms with E-state index in [1.807, 2.05) is 4.90 Å². The maximum atomic E-state index is 13.0. The molecule has 1 heterocycles. The normalized spacial score (nSPS) is 36.1. The first-order valence-corrected chi connectivity index (χ1v) is 8.81. The Morgan fingerprint density at radius 3 is 2.52 bits per heavy atom. The van der Waals surface area contributed by atoms with E-state index >= 15 is 0 Å². The lowest BCUT2D eigenvalue weighted by Crippen LogP contribution is -2.58. The Morgan fingerprint density at radius 1 is 1.10 bits per heavy atom. The number of piperidine rings is 1. The summed E-state index contributed by atoms with van der Waals surface area (Å²) >= 11 is 0. The largest absolute Gasteiger partial charge is 0.389 e. The number of rotatable bonds is 2. The van der Waals surface area contributed by atoms with Gasteiger partial charge < -0.3 is 15.7 Å². The van der Waals surface area contributed by atoms with Crippen molar-refractivity contribution in [2.24, 2.45) is 17.1 Å². The molecule has 1 aliphatic heterocycles. The lowest BCUT2D eigenvalue weighted by Gasteiger charge is -2.49. The molecule has 0 aromatic heterocycles. The van der Waals surface area contributed by atoms with Crippen molar-refractivity contribution in [3.63, 3.8) is 0 Å². The second-order valence-electron chi connectivity index (χ2n) is 7.59. The van der Waals surface area contributed by atoms with Crippen LogP contribution >= 0.6 is 0 Å². The molecule has 3 fully saturated rings. The molecule has 1 saturated heterocycles. The molecule has 0 spiro atoms. The molecule has 21 heavy (non-hydrogen) atoms. The molecule has 0 bridgehead atoms. The number of amides is 1. The van der Waals surface area contributed by atoms with E-state index in [1.54, 1.807) is 0 Å². The minimum atomic E-state index is -0.503. The van der Waals surface area contributed by atoms with Gasteiger partial charge in [0, 0.05) is 25.6 Å². The van der Waals surface area contributed by atoms with E-state index in [9.17, 15) is 9.90 Å². The summed E-state index contributed by atoms with van der Waals surface area (Å²) in [7, 11) is 0. The first kappa shape index (κ1) is 15.3. The van der Waals surface area contributed by atoms with Crippen LogP contribution in [-0.2, 0) is 4.79 Å². The van der Waals surface area contributed by atoms with Gasteiger partial charge in [-0.05, 0) is 32.1 Å². The number of hydrogen-bond donors (Lipinski definition) is 2. The Hall–Kier alpha value is -0.610. The second-order valence-corrected chi connectivity index (χ2v) is 7.59. The highest BCUT2D eigenvalue weighted by molar-refractivity contribution is 5.83. The lowest BCUT2D eigenvalue weighted by molar-refractivity contribution is -0.154. The Kier molecular flexibility index (Phi) is 4.28. The van der Waals surface area contributed by atoms with Crippen molar-refractivity contribution in [1.82, 2.24) is 4.90 Å². The molecule has 1 amide bonds. The minimum absolute atomic E-state index is 0.275. The van der Waals surface area contributed by atoms with E-state index in [-0.39, 0.29) is 17.2 Å². The molecule has 0 radical (unpaired) electrons. The topological polar surface area (TPSA) is 66.6 Å². The highest BCUT2D eigenvalue weighted by Crippen LogP contribution is 2.42. The predicted octanol–water partition coefficient (Wildman–Crippen LogP) is 2.05. The average molecular weight is 294 g/mol. The molecule has 3 rings (SSSR count). The van der Waals surface area contributed by atoms with Crippen molar-refractivity contribution in [3.8, 4) is 0 Å². The van der Waals surface area contributed by atoms with Crippen molar-refractivity contribution in [3.05, 3.63) is 0 Å². The first-order valence-electron chi connectivity index (χ1n) is 8.81. The molecule has 120 valence electrons. The van der Waals surface area contributed by atoms with E-state index in [0.29, 0.717) is 13.1 Å². The van der Waals surface area contributed by atoms with E-state index in [2.05, 4.69) is 0 Å². The Morgan fingerprint density at radius 2 is 1.81 bits per heavy atom. The van der Waals surface area contributed by atoms with Gasteiger partial charge in [-0.15, -0.1) is 0 Å². The Labute approximate surface area is 128 Å². The summed E-state index contributed by atoms with van der Waals surface area (Å²) < 4.78 is 0. The van der Waals surface area contributed by atoms with Gasteiger partial charge in [-0.25, -0.2) is 0 Å². The van der Waals surface area contributed by atoms with Crippen LogP contribution in [0.5, 0.6) is 0 Å². The highest BCUT2D eigenvalue weighted by Gasteiger charge is 2.47. The van der Waals surface area contributed by atoms with Gasteiger partial charge in [-0.3, -0.25) is 4.79 Å². The Balaban J connectivity index is 1.70. The van der Waals surface area contributed by atoms with Gasteiger partial charge in [0.05, 0.1) is 11.0 Å². The zero-order valence-corrected chi connectivity index (χ0v) is 13.1. The maximum absolute atomic E-state index is 13.0. The fraction of sp³-hybridized carbons (Fsp3) is 0.941. The smallest absolute Gasteiger partial charge is 0.230 e. The molecule has 4 nitrogen and oxygen atoms in total. The van der Waals surface area contributed by atoms with Crippen LogP contribution in [0.1, 0.15) is 64.2 Å². The monoisotopic (exact) mass is 294 g/mol. The van der Waals surface area contributed by atoms with Gasteiger partial charge in [0.2, 0.25) is 5.91 Å². The molecule has 3 N–H and O–H groups in total. The predicted molar refractivity (Wildman–Crippen MR) is 82.7 cm³/mol. The van der Waals surface area contributed by atoms with E-state index < -0.39 is 5.60 Å². The average Bonchev–Trinajstić information content (AvgIpc) is 2.54. The second kappa shape index (κ2) is 5.88. The summed E-state index contributed by atoms with van der Waals surface area (Å²) in [4.78, 5) is 15.1.